The number of benzene rings is 1. The fourth-order valence-corrected chi connectivity index (χ4v) is 1.36. The minimum absolute atomic E-state index is 0.0160. The minimum Gasteiger partial charge on any atom is -0.394 e. The van der Waals surface area contributed by atoms with Gasteiger partial charge in [-0.2, -0.15) is 0 Å². The lowest BCUT2D eigenvalue weighted by molar-refractivity contribution is 0.246. The summed E-state index contributed by atoms with van der Waals surface area (Å²) in [5.74, 6) is 0. The number of hydrogen-bond donors (Lipinski definition) is 2. The van der Waals surface area contributed by atoms with Crippen LogP contribution < -0.4 is 5.32 Å². The SMILES string of the molecule is CCNC(CO)c1ccc(Cl)cc1. The maximum absolute atomic E-state index is 9.08. The van der Waals surface area contributed by atoms with Crippen LogP contribution >= 0.6 is 11.6 Å². The van der Waals surface area contributed by atoms with Crippen LogP contribution in [0.25, 0.3) is 0 Å². The summed E-state index contributed by atoms with van der Waals surface area (Å²) < 4.78 is 0. The van der Waals surface area contributed by atoms with Gasteiger partial charge in [-0.25, -0.2) is 0 Å². The lowest BCUT2D eigenvalue weighted by Crippen LogP contribution is -2.23. The Morgan fingerprint density at radius 1 is 1.38 bits per heavy atom. The van der Waals surface area contributed by atoms with Gasteiger partial charge in [-0.1, -0.05) is 30.7 Å². The highest BCUT2D eigenvalue weighted by Crippen LogP contribution is 2.15. The van der Waals surface area contributed by atoms with Gasteiger partial charge in [0.15, 0.2) is 0 Å². The van der Waals surface area contributed by atoms with Crippen LogP contribution in [0.5, 0.6) is 0 Å². The molecule has 0 fully saturated rings. The zero-order valence-electron chi connectivity index (χ0n) is 7.63. The molecule has 0 aliphatic carbocycles. The van der Waals surface area contributed by atoms with Gasteiger partial charge in [0.2, 0.25) is 0 Å². The molecular formula is C10H14ClNO. The molecule has 0 saturated carbocycles. The molecule has 1 rings (SSSR count). The second-order valence-electron chi connectivity index (χ2n) is 2.84. The van der Waals surface area contributed by atoms with Crippen molar-refractivity contribution in [3.63, 3.8) is 0 Å². The molecule has 1 atom stereocenters. The summed E-state index contributed by atoms with van der Waals surface area (Å²) in [5, 5.41) is 13.0. The average Bonchev–Trinajstić information content (AvgIpc) is 2.16. The maximum Gasteiger partial charge on any atom is 0.0626 e. The Morgan fingerprint density at radius 2 is 2.00 bits per heavy atom. The smallest absolute Gasteiger partial charge is 0.0626 e. The first-order chi connectivity index (χ1) is 6.27. The summed E-state index contributed by atoms with van der Waals surface area (Å²) >= 11 is 5.75. The molecule has 1 unspecified atom stereocenters. The summed E-state index contributed by atoms with van der Waals surface area (Å²) in [6, 6.07) is 7.52. The van der Waals surface area contributed by atoms with Crippen molar-refractivity contribution in [2.45, 2.75) is 13.0 Å². The number of hydrogen-bond acceptors (Lipinski definition) is 2. The van der Waals surface area contributed by atoms with Crippen molar-refractivity contribution in [3.8, 4) is 0 Å². The van der Waals surface area contributed by atoms with Gasteiger partial charge in [0.1, 0.15) is 0 Å². The molecule has 0 spiro atoms. The maximum atomic E-state index is 9.08. The van der Waals surface area contributed by atoms with Crippen LogP contribution in [0.2, 0.25) is 5.02 Å². The molecule has 0 aliphatic rings. The van der Waals surface area contributed by atoms with E-state index in [1.165, 1.54) is 0 Å². The predicted octanol–water partition coefficient (Wildman–Crippen LogP) is 1.98. The summed E-state index contributed by atoms with van der Waals surface area (Å²) in [7, 11) is 0. The van der Waals surface area contributed by atoms with E-state index in [4.69, 9.17) is 16.7 Å². The fraction of sp³-hybridized carbons (Fsp3) is 0.400. The van der Waals surface area contributed by atoms with Crippen molar-refractivity contribution < 1.29 is 5.11 Å². The lowest BCUT2D eigenvalue weighted by atomic mass is 10.1. The Morgan fingerprint density at radius 3 is 2.46 bits per heavy atom. The summed E-state index contributed by atoms with van der Waals surface area (Å²) in [5.41, 5.74) is 1.06. The third kappa shape index (κ3) is 2.99. The van der Waals surface area contributed by atoms with Crippen LogP contribution in [0.3, 0.4) is 0 Å². The average molecular weight is 200 g/mol. The molecule has 0 saturated heterocycles. The molecule has 2 nitrogen and oxygen atoms in total. The Labute approximate surface area is 83.5 Å². The Hall–Kier alpha value is -0.570. The molecule has 1 aromatic carbocycles. The Bertz CT molecular complexity index is 248. The number of nitrogens with one attached hydrogen (secondary N) is 1. The van der Waals surface area contributed by atoms with Gasteiger partial charge >= 0.3 is 0 Å². The van der Waals surface area contributed by atoms with Crippen LogP contribution in [-0.2, 0) is 0 Å². The molecular weight excluding hydrogens is 186 g/mol. The van der Waals surface area contributed by atoms with E-state index in [0.717, 1.165) is 17.1 Å². The van der Waals surface area contributed by atoms with E-state index in [1.807, 2.05) is 31.2 Å². The van der Waals surface area contributed by atoms with Gasteiger partial charge in [-0.3, -0.25) is 0 Å². The largest absolute Gasteiger partial charge is 0.394 e. The summed E-state index contributed by atoms with van der Waals surface area (Å²) in [6.07, 6.45) is 0. The van der Waals surface area contributed by atoms with E-state index in [-0.39, 0.29) is 12.6 Å². The number of rotatable bonds is 4. The van der Waals surface area contributed by atoms with Crippen LogP contribution in [0, 0.1) is 0 Å². The Kier molecular flexibility index (Phi) is 4.22. The number of halogens is 1. The standard InChI is InChI=1S/C10H14ClNO/c1-2-12-10(7-13)8-3-5-9(11)6-4-8/h3-6,10,12-13H,2,7H2,1H3. The van der Waals surface area contributed by atoms with E-state index in [1.54, 1.807) is 0 Å². The van der Waals surface area contributed by atoms with E-state index < -0.39 is 0 Å². The zero-order chi connectivity index (χ0) is 9.68. The van der Waals surface area contributed by atoms with Crippen molar-refractivity contribution in [2.75, 3.05) is 13.2 Å². The second kappa shape index (κ2) is 5.22. The highest BCUT2D eigenvalue weighted by Gasteiger charge is 2.07. The molecule has 1 aromatic rings. The molecule has 0 radical (unpaired) electrons. The van der Waals surface area contributed by atoms with Crippen molar-refractivity contribution >= 4 is 11.6 Å². The molecule has 0 amide bonds. The fourth-order valence-electron chi connectivity index (χ4n) is 1.23. The van der Waals surface area contributed by atoms with Crippen molar-refractivity contribution in [3.05, 3.63) is 34.9 Å². The molecule has 72 valence electrons. The number of likely N-dealkylation sites (N-methyl/N-ethyl adjacent to an activating group) is 1. The summed E-state index contributed by atoms with van der Waals surface area (Å²) in [4.78, 5) is 0. The van der Waals surface area contributed by atoms with Crippen LogP contribution in [0.4, 0.5) is 0 Å². The molecule has 0 bridgehead atoms. The van der Waals surface area contributed by atoms with Gasteiger partial charge in [0, 0.05) is 5.02 Å². The van der Waals surface area contributed by atoms with Crippen molar-refractivity contribution in [2.24, 2.45) is 0 Å². The second-order valence-corrected chi connectivity index (χ2v) is 3.28. The van der Waals surface area contributed by atoms with Gasteiger partial charge in [0.25, 0.3) is 0 Å². The molecule has 0 aromatic heterocycles. The molecule has 0 aliphatic heterocycles. The zero-order valence-corrected chi connectivity index (χ0v) is 8.38. The summed E-state index contributed by atoms with van der Waals surface area (Å²) in [6.45, 7) is 2.96. The molecule has 2 N–H and O–H groups in total. The van der Waals surface area contributed by atoms with Crippen LogP contribution in [0.1, 0.15) is 18.5 Å². The highest BCUT2D eigenvalue weighted by atomic mass is 35.5. The molecule has 0 heterocycles. The first-order valence-corrected chi connectivity index (χ1v) is 4.75. The van der Waals surface area contributed by atoms with E-state index in [9.17, 15) is 0 Å². The number of aliphatic hydroxyl groups excluding tert-OH is 1. The van der Waals surface area contributed by atoms with E-state index in [0.29, 0.717) is 0 Å². The first kappa shape index (κ1) is 10.5. The van der Waals surface area contributed by atoms with Crippen molar-refractivity contribution in [1.29, 1.82) is 0 Å². The minimum atomic E-state index is 0.0160. The van der Waals surface area contributed by atoms with Crippen LogP contribution in [0.15, 0.2) is 24.3 Å². The van der Waals surface area contributed by atoms with E-state index in [2.05, 4.69) is 5.32 Å². The van der Waals surface area contributed by atoms with Gasteiger partial charge in [0.05, 0.1) is 12.6 Å². The quantitative estimate of drug-likeness (QED) is 0.778. The lowest BCUT2D eigenvalue weighted by Gasteiger charge is -2.15. The monoisotopic (exact) mass is 199 g/mol. The highest BCUT2D eigenvalue weighted by molar-refractivity contribution is 6.30. The van der Waals surface area contributed by atoms with Crippen LogP contribution in [-0.4, -0.2) is 18.3 Å². The van der Waals surface area contributed by atoms with E-state index >= 15 is 0 Å². The molecule has 13 heavy (non-hydrogen) atoms. The van der Waals surface area contributed by atoms with Gasteiger partial charge in [-0.05, 0) is 24.2 Å². The third-order valence-corrected chi connectivity index (χ3v) is 2.16. The van der Waals surface area contributed by atoms with Gasteiger partial charge < -0.3 is 10.4 Å². The first-order valence-electron chi connectivity index (χ1n) is 4.37. The molecule has 3 heteroatoms. The van der Waals surface area contributed by atoms with Crippen molar-refractivity contribution in [1.82, 2.24) is 5.32 Å². The predicted molar refractivity (Wildman–Crippen MR) is 55.0 cm³/mol. The third-order valence-electron chi connectivity index (χ3n) is 1.91. The number of aliphatic hydroxyl groups is 1. The Balaban J connectivity index is 2.73. The normalized spacial score (nSPS) is 12.8. The topological polar surface area (TPSA) is 32.3 Å². The van der Waals surface area contributed by atoms with Gasteiger partial charge in [-0.15, -0.1) is 0 Å².